The van der Waals surface area contributed by atoms with Crippen molar-refractivity contribution in [1.29, 1.82) is 0 Å². The van der Waals surface area contributed by atoms with E-state index in [-0.39, 0.29) is 12.1 Å². The van der Waals surface area contributed by atoms with E-state index < -0.39 is 5.60 Å². The lowest BCUT2D eigenvalue weighted by Gasteiger charge is -2.39. The smallest absolute Gasteiger partial charge is 0.410 e. The van der Waals surface area contributed by atoms with Crippen molar-refractivity contribution in [3.63, 3.8) is 0 Å². The first-order valence-corrected chi connectivity index (χ1v) is 8.39. The van der Waals surface area contributed by atoms with Crippen LogP contribution in [0.1, 0.15) is 52.3 Å². The lowest BCUT2D eigenvalue weighted by atomic mass is 10.0. The average molecular weight is 319 g/mol. The predicted octanol–water partition coefficient (Wildman–Crippen LogP) is 3.47. The van der Waals surface area contributed by atoms with E-state index in [0.717, 1.165) is 31.6 Å². The van der Waals surface area contributed by atoms with Crippen LogP contribution in [0.3, 0.4) is 0 Å². The average Bonchev–Trinajstić information content (AvgIpc) is 2.53. The van der Waals surface area contributed by atoms with E-state index in [9.17, 15) is 4.79 Å². The summed E-state index contributed by atoms with van der Waals surface area (Å²) < 4.78 is 5.45. The summed E-state index contributed by atoms with van der Waals surface area (Å²) in [4.78, 5) is 20.8. The minimum absolute atomic E-state index is 0.198. The number of aromatic nitrogens is 1. The highest BCUT2D eigenvalue weighted by atomic mass is 16.6. The highest BCUT2D eigenvalue weighted by Crippen LogP contribution is 2.25. The number of likely N-dealkylation sites (tertiary alicyclic amines) is 1. The molecule has 1 unspecified atom stereocenters. The van der Waals surface area contributed by atoms with E-state index in [1.807, 2.05) is 44.0 Å². The summed E-state index contributed by atoms with van der Waals surface area (Å²) in [5, 5.41) is 0. The summed E-state index contributed by atoms with van der Waals surface area (Å²) in [6.45, 7) is 9.39. The third kappa shape index (κ3) is 4.93. The van der Waals surface area contributed by atoms with Gasteiger partial charge >= 0.3 is 6.09 Å². The van der Waals surface area contributed by atoms with Crippen molar-refractivity contribution in [2.75, 3.05) is 20.1 Å². The van der Waals surface area contributed by atoms with Gasteiger partial charge in [0.1, 0.15) is 5.60 Å². The molecular weight excluding hydrogens is 290 g/mol. The van der Waals surface area contributed by atoms with Crippen LogP contribution >= 0.6 is 0 Å². The molecule has 0 aromatic carbocycles. The van der Waals surface area contributed by atoms with Crippen LogP contribution in [0.5, 0.6) is 0 Å². The van der Waals surface area contributed by atoms with E-state index in [4.69, 9.17) is 4.74 Å². The number of hydrogen-bond donors (Lipinski definition) is 0. The summed E-state index contributed by atoms with van der Waals surface area (Å²) in [5.74, 6) is 0. The van der Waals surface area contributed by atoms with Crippen LogP contribution in [0.15, 0.2) is 24.4 Å². The Morgan fingerprint density at radius 3 is 2.52 bits per heavy atom. The van der Waals surface area contributed by atoms with E-state index in [0.29, 0.717) is 6.04 Å². The number of carbonyl (C=O) groups is 1. The third-order valence-electron chi connectivity index (χ3n) is 4.42. The number of ether oxygens (including phenoxy) is 1. The molecule has 2 rings (SSSR count). The van der Waals surface area contributed by atoms with E-state index in [1.165, 1.54) is 0 Å². The van der Waals surface area contributed by atoms with Crippen molar-refractivity contribution in [3.05, 3.63) is 30.1 Å². The van der Waals surface area contributed by atoms with Gasteiger partial charge in [-0.2, -0.15) is 0 Å². The van der Waals surface area contributed by atoms with Gasteiger partial charge in [0.25, 0.3) is 0 Å². The molecule has 1 fully saturated rings. The van der Waals surface area contributed by atoms with Crippen LogP contribution in [-0.4, -0.2) is 52.7 Å². The Morgan fingerprint density at radius 1 is 1.35 bits per heavy atom. The molecule has 0 aliphatic carbocycles. The van der Waals surface area contributed by atoms with Crippen molar-refractivity contribution >= 4 is 6.09 Å². The fraction of sp³-hybridized carbons (Fsp3) is 0.667. The Hall–Kier alpha value is -1.62. The molecule has 5 heteroatoms. The Kier molecular flexibility index (Phi) is 5.63. The fourth-order valence-electron chi connectivity index (χ4n) is 2.93. The molecule has 1 atom stereocenters. The second-order valence-corrected chi connectivity index (χ2v) is 7.29. The molecule has 1 aromatic rings. The zero-order chi connectivity index (χ0) is 17.0. The summed E-state index contributed by atoms with van der Waals surface area (Å²) in [5.41, 5.74) is 0.655. The van der Waals surface area contributed by atoms with Gasteiger partial charge in [-0.05, 0) is 59.7 Å². The Labute approximate surface area is 139 Å². The molecule has 1 saturated heterocycles. The quantitative estimate of drug-likeness (QED) is 0.856. The number of amides is 1. The SMILES string of the molecule is CC(c1ccccn1)N(C)C1CCN(C(=O)OC(C)(C)C)CC1. The standard InChI is InChI=1S/C18H29N3O2/c1-14(16-8-6-7-11-19-16)20(5)15-9-12-21(13-10-15)17(22)23-18(2,3)4/h6-8,11,14-15H,9-10,12-13H2,1-5H3. The first-order chi connectivity index (χ1) is 10.8. The summed E-state index contributed by atoms with van der Waals surface area (Å²) >= 11 is 0. The highest BCUT2D eigenvalue weighted by molar-refractivity contribution is 5.68. The number of pyridine rings is 1. The highest BCUT2D eigenvalue weighted by Gasteiger charge is 2.30. The molecule has 2 heterocycles. The van der Waals surface area contributed by atoms with Crippen LogP contribution in [0.2, 0.25) is 0 Å². The Bertz CT molecular complexity index is 505. The fourth-order valence-corrected chi connectivity index (χ4v) is 2.93. The van der Waals surface area contributed by atoms with Gasteiger partial charge in [-0.3, -0.25) is 9.88 Å². The van der Waals surface area contributed by atoms with Gasteiger partial charge in [0.2, 0.25) is 0 Å². The molecule has 0 radical (unpaired) electrons. The first kappa shape index (κ1) is 17.7. The van der Waals surface area contributed by atoms with Gasteiger partial charge in [0, 0.05) is 31.4 Å². The number of hydrogen-bond acceptors (Lipinski definition) is 4. The lowest BCUT2D eigenvalue weighted by Crippen LogP contribution is -2.47. The summed E-state index contributed by atoms with van der Waals surface area (Å²) in [6, 6.07) is 6.77. The topological polar surface area (TPSA) is 45.7 Å². The molecule has 0 bridgehead atoms. The van der Waals surface area contributed by atoms with Gasteiger partial charge in [0.05, 0.1) is 5.69 Å². The monoisotopic (exact) mass is 319 g/mol. The van der Waals surface area contributed by atoms with Crippen LogP contribution in [-0.2, 0) is 4.74 Å². The zero-order valence-corrected chi connectivity index (χ0v) is 15.0. The second kappa shape index (κ2) is 7.30. The van der Waals surface area contributed by atoms with E-state index in [1.54, 1.807) is 0 Å². The minimum atomic E-state index is -0.432. The van der Waals surface area contributed by atoms with Crippen molar-refractivity contribution in [2.24, 2.45) is 0 Å². The molecule has 1 aliphatic heterocycles. The largest absolute Gasteiger partial charge is 0.444 e. The molecule has 1 aliphatic rings. The second-order valence-electron chi connectivity index (χ2n) is 7.29. The van der Waals surface area contributed by atoms with Gasteiger partial charge < -0.3 is 9.64 Å². The van der Waals surface area contributed by atoms with Gasteiger partial charge in [-0.1, -0.05) is 6.07 Å². The van der Waals surface area contributed by atoms with E-state index in [2.05, 4.69) is 29.9 Å². The number of rotatable bonds is 3. The maximum absolute atomic E-state index is 12.1. The Balaban J connectivity index is 1.87. The van der Waals surface area contributed by atoms with Gasteiger partial charge in [-0.15, -0.1) is 0 Å². The lowest BCUT2D eigenvalue weighted by molar-refractivity contribution is 0.0136. The molecule has 1 amide bonds. The normalized spacial score (nSPS) is 18.1. The minimum Gasteiger partial charge on any atom is -0.444 e. The zero-order valence-electron chi connectivity index (χ0n) is 15.0. The van der Waals surface area contributed by atoms with E-state index >= 15 is 0 Å². The predicted molar refractivity (Wildman–Crippen MR) is 91.2 cm³/mol. The van der Waals surface area contributed by atoms with Gasteiger partial charge in [-0.25, -0.2) is 4.79 Å². The van der Waals surface area contributed by atoms with Crippen LogP contribution < -0.4 is 0 Å². The molecule has 23 heavy (non-hydrogen) atoms. The van der Waals surface area contributed by atoms with Crippen LogP contribution in [0.4, 0.5) is 4.79 Å². The number of nitrogens with zero attached hydrogens (tertiary/aromatic N) is 3. The summed E-state index contributed by atoms with van der Waals surface area (Å²) in [7, 11) is 2.15. The number of piperidine rings is 1. The molecular formula is C18H29N3O2. The molecule has 5 nitrogen and oxygen atoms in total. The maximum atomic E-state index is 12.1. The van der Waals surface area contributed by atoms with Crippen molar-refractivity contribution in [2.45, 2.75) is 58.2 Å². The van der Waals surface area contributed by atoms with Gasteiger partial charge in [0.15, 0.2) is 0 Å². The van der Waals surface area contributed by atoms with Crippen LogP contribution in [0.25, 0.3) is 0 Å². The van der Waals surface area contributed by atoms with Crippen LogP contribution in [0, 0.1) is 0 Å². The Morgan fingerprint density at radius 2 is 2.00 bits per heavy atom. The maximum Gasteiger partial charge on any atom is 0.410 e. The summed E-state index contributed by atoms with van der Waals surface area (Å²) in [6.07, 6.45) is 3.57. The molecule has 0 saturated carbocycles. The van der Waals surface area contributed by atoms with Crippen molar-refractivity contribution in [3.8, 4) is 0 Å². The molecule has 1 aromatic heterocycles. The van der Waals surface area contributed by atoms with Crippen molar-refractivity contribution < 1.29 is 9.53 Å². The molecule has 0 N–H and O–H groups in total. The molecule has 128 valence electrons. The van der Waals surface area contributed by atoms with Crippen molar-refractivity contribution in [1.82, 2.24) is 14.8 Å². The third-order valence-corrected chi connectivity index (χ3v) is 4.42. The number of carbonyl (C=O) groups excluding carboxylic acids is 1. The first-order valence-electron chi connectivity index (χ1n) is 8.39. The molecule has 0 spiro atoms.